The van der Waals surface area contributed by atoms with E-state index in [4.69, 9.17) is 10.3 Å². The average molecular weight is 284 g/mol. The van der Waals surface area contributed by atoms with Crippen molar-refractivity contribution < 1.29 is 4.52 Å². The number of aromatic amines is 1. The zero-order valence-corrected chi connectivity index (χ0v) is 11.5. The summed E-state index contributed by atoms with van der Waals surface area (Å²) in [5, 5.41) is 3.69. The predicted molar refractivity (Wildman–Crippen MR) is 80.0 cm³/mol. The first-order valence-corrected chi connectivity index (χ1v) is 7.19. The molecule has 1 saturated carbocycles. The van der Waals surface area contributed by atoms with E-state index in [-0.39, 0.29) is 11.6 Å². The minimum atomic E-state index is -0.0349. The number of fused-ring (bicyclic) bond motifs is 1. The van der Waals surface area contributed by atoms with E-state index in [9.17, 15) is 4.79 Å². The largest absolute Gasteiger partial charge is 0.367 e. The Labute approximate surface area is 120 Å². The van der Waals surface area contributed by atoms with Gasteiger partial charge in [0.15, 0.2) is 0 Å². The number of hydrogen-bond donors (Lipinski definition) is 2. The molecule has 21 heavy (non-hydrogen) atoms. The zero-order valence-electron chi connectivity index (χ0n) is 11.5. The highest BCUT2D eigenvalue weighted by Crippen LogP contribution is 2.32. The average Bonchev–Trinajstić information content (AvgIpc) is 3.16. The van der Waals surface area contributed by atoms with Crippen LogP contribution in [0.1, 0.15) is 31.7 Å². The molecule has 4 rings (SSSR count). The Balaban J connectivity index is 1.87. The van der Waals surface area contributed by atoms with Gasteiger partial charge in [-0.3, -0.25) is 4.57 Å². The van der Waals surface area contributed by atoms with Gasteiger partial charge in [-0.15, -0.1) is 0 Å². The summed E-state index contributed by atoms with van der Waals surface area (Å²) < 4.78 is 6.78. The summed E-state index contributed by atoms with van der Waals surface area (Å²) in [4.78, 5) is 15.2. The van der Waals surface area contributed by atoms with Crippen LogP contribution in [0.25, 0.3) is 22.2 Å². The minimum absolute atomic E-state index is 0.0349. The topological polar surface area (TPSA) is 89.8 Å². The third kappa shape index (κ3) is 1.86. The highest BCUT2D eigenvalue weighted by molar-refractivity contribution is 5.84. The molecule has 2 aromatic heterocycles. The fourth-order valence-electron chi connectivity index (χ4n) is 3.29. The molecule has 0 saturated heterocycles. The fourth-order valence-corrected chi connectivity index (χ4v) is 3.29. The first-order chi connectivity index (χ1) is 10.2. The van der Waals surface area contributed by atoms with Crippen molar-refractivity contribution in [1.82, 2.24) is 14.7 Å². The van der Waals surface area contributed by atoms with Crippen molar-refractivity contribution >= 4 is 16.9 Å². The molecule has 108 valence electrons. The van der Waals surface area contributed by atoms with E-state index in [0.29, 0.717) is 6.04 Å². The molecule has 6 heteroatoms. The fraction of sp³-hybridized carbons (Fsp3) is 0.333. The van der Waals surface area contributed by atoms with Crippen molar-refractivity contribution in [2.45, 2.75) is 31.7 Å². The van der Waals surface area contributed by atoms with Gasteiger partial charge in [0.1, 0.15) is 0 Å². The van der Waals surface area contributed by atoms with Gasteiger partial charge in [0, 0.05) is 6.04 Å². The SMILES string of the molecule is Nc1oncc1-c1ccc2c(c1)[nH]c(=O)n2C1CCCC1. The maximum Gasteiger partial charge on any atom is 0.326 e. The van der Waals surface area contributed by atoms with Crippen molar-refractivity contribution in [2.75, 3.05) is 5.73 Å². The molecule has 1 aliphatic carbocycles. The standard InChI is InChI=1S/C15H16N4O2/c16-14-11(8-17-21-14)9-5-6-13-12(7-9)18-15(20)19(13)10-3-1-2-4-10/h5-8,10H,1-4,16H2,(H,18,20). The highest BCUT2D eigenvalue weighted by Gasteiger charge is 2.21. The quantitative estimate of drug-likeness (QED) is 0.757. The third-order valence-corrected chi connectivity index (χ3v) is 4.32. The molecule has 1 aromatic carbocycles. The molecule has 1 fully saturated rings. The minimum Gasteiger partial charge on any atom is -0.367 e. The lowest BCUT2D eigenvalue weighted by atomic mass is 10.1. The first-order valence-electron chi connectivity index (χ1n) is 7.19. The van der Waals surface area contributed by atoms with E-state index in [1.807, 2.05) is 22.8 Å². The zero-order chi connectivity index (χ0) is 14.4. The summed E-state index contributed by atoms with van der Waals surface area (Å²) in [5.74, 6) is 0.284. The smallest absolute Gasteiger partial charge is 0.326 e. The van der Waals surface area contributed by atoms with Crippen LogP contribution in [0.2, 0.25) is 0 Å². The molecule has 2 heterocycles. The van der Waals surface area contributed by atoms with Crippen molar-refractivity contribution in [3.8, 4) is 11.1 Å². The maximum atomic E-state index is 12.2. The number of anilines is 1. The molecule has 0 aliphatic heterocycles. The molecular formula is C15H16N4O2. The Morgan fingerprint density at radius 2 is 2.14 bits per heavy atom. The molecule has 0 spiro atoms. The Morgan fingerprint density at radius 3 is 2.86 bits per heavy atom. The van der Waals surface area contributed by atoms with Gasteiger partial charge in [-0.25, -0.2) is 4.79 Å². The lowest BCUT2D eigenvalue weighted by Gasteiger charge is -2.11. The van der Waals surface area contributed by atoms with Crippen molar-refractivity contribution in [2.24, 2.45) is 0 Å². The van der Waals surface area contributed by atoms with Gasteiger partial charge in [0.2, 0.25) is 5.88 Å². The molecule has 0 radical (unpaired) electrons. The molecule has 0 unspecified atom stereocenters. The van der Waals surface area contributed by atoms with E-state index in [1.54, 1.807) is 6.20 Å². The van der Waals surface area contributed by atoms with Gasteiger partial charge < -0.3 is 15.2 Å². The van der Waals surface area contributed by atoms with E-state index in [2.05, 4.69) is 10.1 Å². The van der Waals surface area contributed by atoms with Crippen molar-refractivity contribution in [3.63, 3.8) is 0 Å². The number of benzene rings is 1. The molecule has 3 N–H and O–H groups in total. The van der Waals surface area contributed by atoms with Crippen LogP contribution in [-0.4, -0.2) is 14.7 Å². The van der Waals surface area contributed by atoms with Gasteiger partial charge in [-0.2, -0.15) is 0 Å². The summed E-state index contributed by atoms with van der Waals surface area (Å²) in [6.07, 6.45) is 6.13. The monoisotopic (exact) mass is 284 g/mol. The van der Waals surface area contributed by atoms with Crippen molar-refractivity contribution in [1.29, 1.82) is 0 Å². The number of nitrogens with zero attached hydrogens (tertiary/aromatic N) is 2. The Morgan fingerprint density at radius 1 is 1.33 bits per heavy atom. The van der Waals surface area contributed by atoms with E-state index in [1.165, 1.54) is 12.8 Å². The van der Waals surface area contributed by atoms with Crippen LogP contribution in [0.3, 0.4) is 0 Å². The van der Waals surface area contributed by atoms with Crippen molar-refractivity contribution in [3.05, 3.63) is 34.9 Å². The van der Waals surface area contributed by atoms with Crippen LogP contribution in [-0.2, 0) is 0 Å². The number of nitrogen functional groups attached to an aromatic ring is 1. The number of imidazole rings is 1. The van der Waals surface area contributed by atoms with Crippen LogP contribution in [0.5, 0.6) is 0 Å². The summed E-state index contributed by atoms with van der Waals surface area (Å²) >= 11 is 0. The summed E-state index contributed by atoms with van der Waals surface area (Å²) in [6, 6.07) is 6.15. The van der Waals surface area contributed by atoms with Gasteiger partial charge in [-0.1, -0.05) is 24.1 Å². The van der Waals surface area contributed by atoms with E-state index >= 15 is 0 Å². The summed E-state index contributed by atoms with van der Waals surface area (Å²) in [5.41, 5.74) is 9.12. The van der Waals surface area contributed by atoms with Crippen LogP contribution < -0.4 is 11.4 Å². The molecule has 1 aliphatic rings. The molecule has 3 aromatic rings. The van der Waals surface area contributed by atoms with Gasteiger partial charge >= 0.3 is 5.69 Å². The highest BCUT2D eigenvalue weighted by atomic mass is 16.5. The van der Waals surface area contributed by atoms with Crippen LogP contribution in [0.4, 0.5) is 5.88 Å². The number of hydrogen-bond acceptors (Lipinski definition) is 4. The Bertz CT molecular complexity index is 852. The molecule has 0 bridgehead atoms. The summed E-state index contributed by atoms with van der Waals surface area (Å²) in [6.45, 7) is 0. The third-order valence-electron chi connectivity index (χ3n) is 4.32. The van der Waals surface area contributed by atoms with E-state index < -0.39 is 0 Å². The summed E-state index contributed by atoms with van der Waals surface area (Å²) in [7, 11) is 0. The number of H-pyrrole nitrogens is 1. The van der Waals surface area contributed by atoms with Crippen LogP contribution >= 0.6 is 0 Å². The lowest BCUT2D eigenvalue weighted by molar-refractivity contribution is 0.436. The molecule has 0 atom stereocenters. The number of rotatable bonds is 2. The predicted octanol–water partition coefficient (Wildman–Crippen LogP) is 2.68. The Hall–Kier alpha value is -2.50. The maximum absolute atomic E-state index is 12.2. The van der Waals surface area contributed by atoms with Crippen LogP contribution in [0, 0.1) is 0 Å². The van der Waals surface area contributed by atoms with Gasteiger partial charge in [-0.05, 0) is 30.5 Å². The van der Waals surface area contributed by atoms with E-state index in [0.717, 1.165) is 35.0 Å². The number of nitrogens with two attached hydrogens (primary N) is 1. The second-order valence-electron chi connectivity index (χ2n) is 5.57. The number of nitrogens with one attached hydrogen (secondary N) is 1. The Kier molecular flexibility index (Phi) is 2.63. The first kappa shape index (κ1) is 12.3. The lowest BCUT2D eigenvalue weighted by Crippen LogP contribution is -2.20. The van der Waals surface area contributed by atoms with Gasteiger partial charge in [0.25, 0.3) is 0 Å². The second-order valence-corrected chi connectivity index (χ2v) is 5.57. The number of aromatic nitrogens is 3. The van der Waals surface area contributed by atoms with Crippen LogP contribution in [0.15, 0.2) is 33.7 Å². The van der Waals surface area contributed by atoms with Gasteiger partial charge in [0.05, 0.1) is 22.8 Å². The molecular weight excluding hydrogens is 268 g/mol. The molecule has 0 amide bonds. The second kappa shape index (κ2) is 4.51. The molecule has 6 nitrogen and oxygen atoms in total. The normalized spacial score (nSPS) is 16.0.